The van der Waals surface area contributed by atoms with Crippen LogP contribution in [0.2, 0.25) is 0 Å². The average molecular weight is 308 g/mol. The molecule has 4 nitrogen and oxygen atoms in total. The van der Waals surface area contributed by atoms with E-state index < -0.39 is 0 Å². The van der Waals surface area contributed by atoms with Gasteiger partial charge in [-0.2, -0.15) is 11.8 Å². The first-order valence-corrected chi connectivity index (χ1v) is 8.77. The number of nitrogens with one attached hydrogen (secondary N) is 1. The standard InChI is InChI=1S/C16H24N2O2S/c1-3-17-15-10-13(7-8-16(15)18(19)20)11-21-14-6-4-5-12(2)9-14/h7-8,10,12,14,17H,3-6,9,11H2,1-2H3. The number of nitrogens with zero attached hydrogens (tertiary/aromatic N) is 1. The number of nitro groups is 1. The largest absolute Gasteiger partial charge is 0.380 e. The first-order chi connectivity index (χ1) is 10.1. The van der Waals surface area contributed by atoms with Crippen LogP contribution < -0.4 is 5.32 Å². The molecule has 1 aliphatic rings. The highest BCUT2D eigenvalue weighted by Gasteiger charge is 2.19. The van der Waals surface area contributed by atoms with E-state index in [4.69, 9.17) is 0 Å². The van der Waals surface area contributed by atoms with E-state index in [1.54, 1.807) is 6.07 Å². The number of thioether (sulfide) groups is 1. The van der Waals surface area contributed by atoms with Crippen LogP contribution in [0.5, 0.6) is 0 Å². The van der Waals surface area contributed by atoms with Crippen LogP contribution in [0.15, 0.2) is 18.2 Å². The summed E-state index contributed by atoms with van der Waals surface area (Å²) in [5.74, 6) is 1.78. The van der Waals surface area contributed by atoms with Crippen molar-refractivity contribution in [3.8, 4) is 0 Å². The quantitative estimate of drug-likeness (QED) is 0.603. The van der Waals surface area contributed by atoms with Gasteiger partial charge in [0.2, 0.25) is 0 Å². The van der Waals surface area contributed by atoms with Crippen LogP contribution in [-0.4, -0.2) is 16.7 Å². The zero-order valence-electron chi connectivity index (χ0n) is 12.8. The second kappa shape index (κ2) is 7.69. The first-order valence-electron chi connectivity index (χ1n) is 7.73. The molecule has 0 spiro atoms. The van der Waals surface area contributed by atoms with E-state index >= 15 is 0 Å². The predicted molar refractivity (Wildman–Crippen MR) is 90.0 cm³/mol. The fraction of sp³-hybridized carbons (Fsp3) is 0.625. The van der Waals surface area contributed by atoms with E-state index in [1.165, 1.54) is 31.2 Å². The topological polar surface area (TPSA) is 55.2 Å². The van der Waals surface area contributed by atoms with Crippen LogP contribution in [-0.2, 0) is 5.75 Å². The van der Waals surface area contributed by atoms with Crippen LogP contribution in [0.25, 0.3) is 0 Å². The van der Waals surface area contributed by atoms with Crippen LogP contribution in [0.3, 0.4) is 0 Å². The van der Waals surface area contributed by atoms with E-state index in [2.05, 4.69) is 12.2 Å². The molecule has 5 heteroatoms. The fourth-order valence-electron chi connectivity index (χ4n) is 2.91. The van der Waals surface area contributed by atoms with Gasteiger partial charge >= 0.3 is 0 Å². The molecule has 1 aromatic carbocycles. The predicted octanol–water partition coefficient (Wildman–Crippen LogP) is 4.84. The molecular weight excluding hydrogens is 284 g/mol. The second-order valence-corrected chi connectivity index (χ2v) is 7.13. The Hall–Kier alpha value is -1.23. The molecule has 1 aromatic rings. The number of anilines is 1. The summed E-state index contributed by atoms with van der Waals surface area (Å²) in [6, 6.07) is 5.44. The Kier molecular flexibility index (Phi) is 5.91. The van der Waals surface area contributed by atoms with Gasteiger partial charge in [-0.05, 0) is 37.3 Å². The number of rotatable bonds is 6. The smallest absolute Gasteiger partial charge is 0.292 e. The van der Waals surface area contributed by atoms with E-state index in [9.17, 15) is 10.1 Å². The Morgan fingerprint density at radius 3 is 2.90 bits per heavy atom. The Morgan fingerprint density at radius 1 is 1.43 bits per heavy atom. The molecule has 0 amide bonds. The summed E-state index contributed by atoms with van der Waals surface area (Å²) in [5, 5.41) is 14.8. The molecule has 0 aliphatic heterocycles. The summed E-state index contributed by atoms with van der Waals surface area (Å²) < 4.78 is 0. The number of hydrogen-bond donors (Lipinski definition) is 1. The maximum Gasteiger partial charge on any atom is 0.292 e. The van der Waals surface area contributed by atoms with Crippen LogP contribution in [0, 0.1) is 16.0 Å². The molecular formula is C16H24N2O2S. The van der Waals surface area contributed by atoms with Gasteiger partial charge in [0.1, 0.15) is 5.69 Å². The minimum atomic E-state index is -0.322. The summed E-state index contributed by atoms with van der Waals surface area (Å²) >= 11 is 2.00. The lowest BCUT2D eigenvalue weighted by atomic mass is 9.91. The van der Waals surface area contributed by atoms with Gasteiger partial charge < -0.3 is 5.32 Å². The summed E-state index contributed by atoms with van der Waals surface area (Å²) in [4.78, 5) is 10.7. The van der Waals surface area contributed by atoms with E-state index in [1.807, 2.05) is 30.8 Å². The zero-order valence-corrected chi connectivity index (χ0v) is 13.6. The number of benzene rings is 1. The number of nitro benzene ring substituents is 1. The lowest BCUT2D eigenvalue weighted by molar-refractivity contribution is -0.384. The molecule has 0 radical (unpaired) electrons. The third-order valence-electron chi connectivity index (χ3n) is 4.00. The van der Waals surface area contributed by atoms with E-state index in [-0.39, 0.29) is 10.6 Å². The Bertz CT molecular complexity index is 493. The van der Waals surface area contributed by atoms with Crippen molar-refractivity contribution in [1.29, 1.82) is 0 Å². The molecule has 21 heavy (non-hydrogen) atoms. The fourth-order valence-corrected chi connectivity index (χ4v) is 4.31. The van der Waals surface area contributed by atoms with Crippen molar-refractivity contribution < 1.29 is 4.92 Å². The SMILES string of the molecule is CCNc1cc(CSC2CCCC(C)C2)ccc1[N+](=O)[O-]. The molecule has 1 fully saturated rings. The molecule has 116 valence electrons. The second-order valence-electron chi connectivity index (χ2n) is 5.84. The molecule has 1 aliphatic carbocycles. The van der Waals surface area contributed by atoms with Gasteiger partial charge in [0, 0.05) is 23.6 Å². The van der Waals surface area contributed by atoms with E-state index in [0.717, 1.165) is 16.9 Å². The Balaban J connectivity index is 1.99. The van der Waals surface area contributed by atoms with Gasteiger partial charge in [0.25, 0.3) is 5.69 Å². The van der Waals surface area contributed by atoms with Crippen molar-refractivity contribution >= 4 is 23.1 Å². The van der Waals surface area contributed by atoms with Gasteiger partial charge in [-0.3, -0.25) is 10.1 Å². The van der Waals surface area contributed by atoms with Crippen molar-refractivity contribution in [2.75, 3.05) is 11.9 Å². The minimum absolute atomic E-state index is 0.164. The van der Waals surface area contributed by atoms with Gasteiger partial charge in [-0.1, -0.05) is 25.8 Å². The highest BCUT2D eigenvalue weighted by Crippen LogP contribution is 2.34. The van der Waals surface area contributed by atoms with Crippen molar-refractivity contribution in [2.45, 2.75) is 50.5 Å². The molecule has 2 unspecified atom stereocenters. The maximum absolute atomic E-state index is 11.0. The first kappa shape index (κ1) is 16.1. The van der Waals surface area contributed by atoms with Gasteiger partial charge in [-0.25, -0.2) is 0 Å². The van der Waals surface area contributed by atoms with Crippen LogP contribution in [0.1, 0.15) is 45.1 Å². The van der Waals surface area contributed by atoms with Gasteiger partial charge in [0.05, 0.1) is 4.92 Å². The average Bonchev–Trinajstić information content (AvgIpc) is 2.45. The van der Waals surface area contributed by atoms with Crippen molar-refractivity contribution in [3.63, 3.8) is 0 Å². The summed E-state index contributed by atoms with van der Waals surface area (Å²) in [7, 11) is 0. The summed E-state index contributed by atoms with van der Waals surface area (Å²) in [6.45, 7) is 4.98. The monoisotopic (exact) mass is 308 g/mol. The highest BCUT2D eigenvalue weighted by molar-refractivity contribution is 7.99. The Morgan fingerprint density at radius 2 is 2.24 bits per heavy atom. The minimum Gasteiger partial charge on any atom is -0.380 e. The maximum atomic E-state index is 11.0. The summed E-state index contributed by atoms with van der Waals surface area (Å²) in [6.07, 6.45) is 5.31. The molecule has 0 aromatic heterocycles. The lowest BCUT2D eigenvalue weighted by Crippen LogP contribution is -2.15. The van der Waals surface area contributed by atoms with Crippen LogP contribution in [0.4, 0.5) is 11.4 Å². The van der Waals surface area contributed by atoms with Crippen LogP contribution >= 0.6 is 11.8 Å². The summed E-state index contributed by atoms with van der Waals surface area (Å²) in [5.41, 5.74) is 1.97. The normalized spacial score (nSPS) is 22.0. The molecule has 0 bridgehead atoms. The highest BCUT2D eigenvalue weighted by atomic mass is 32.2. The van der Waals surface area contributed by atoms with Crippen molar-refractivity contribution in [1.82, 2.24) is 0 Å². The Labute approximate surface area is 130 Å². The number of hydrogen-bond acceptors (Lipinski definition) is 4. The molecule has 0 saturated heterocycles. The zero-order chi connectivity index (χ0) is 15.2. The molecule has 0 heterocycles. The van der Waals surface area contributed by atoms with E-state index in [0.29, 0.717) is 12.2 Å². The third kappa shape index (κ3) is 4.63. The molecule has 1 saturated carbocycles. The molecule has 1 N–H and O–H groups in total. The molecule has 2 atom stereocenters. The van der Waals surface area contributed by atoms with Gasteiger partial charge in [-0.15, -0.1) is 0 Å². The van der Waals surface area contributed by atoms with Crippen molar-refractivity contribution in [2.24, 2.45) is 5.92 Å². The lowest BCUT2D eigenvalue weighted by Gasteiger charge is -2.26. The van der Waals surface area contributed by atoms with Crippen molar-refractivity contribution in [3.05, 3.63) is 33.9 Å². The third-order valence-corrected chi connectivity index (χ3v) is 5.40. The molecule has 2 rings (SSSR count). The van der Waals surface area contributed by atoms with Gasteiger partial charge in [0.15, 0.2) is 0 Å².